The zero-order valence-corrected chi connectivity index (χ0v) is 27.7. The first-order valence-electron chi connectivity index (χ1n) is 16.3. The summed E-state index contributed by atoms with van der Waals surface area (Å²) >= 11 is 0. The van der Waals surface area contributed by atoms with Crippen LogP contribution in [-0.4, -0.2) is 78.0 Å². The van der Waals surface area contributed by atoms with Crippen molar-refractivity contribution in [3.05, 3.63) is 47.7 Å². The van der Waals surface area contributed by atoms with Crippen molar-refractivity contribution in [3.63, 3.8) is 0 Å². The molecule has 0 spiro atoms. The minimum absolute atomic E-state index is 0.0163. The summed E-state index contributed by atoms with van der Waals surface area (Å²) in [5.74, 6) is -0.928. The summed E-state index contributed by atoms with van der Waals surface area (Å²) in [6, 6.07) is 8.90. The Labute approximate surface area is 277 Å². The van der Waals surface area contributed by atoms with E-state index < -0.39 is 23.6 Å². The third-order valence-electron chi connectivity index (χ3n) is 9.70. The number of rotatable bonds is 11. The molecule has 1 saturated carbocycles. The van der Waals surface area contributed by atoms with Crippen LogP contribution in [0.5, 0.6) is 5.88 Å². The summed E-state index contributed by atoms with van der Waals surface area (Å²) in [5.41, 5.74) is 4.21. The number of methoxy groups -OCH3 is 1. The number of halogens is 3. The maximum Gasteiger partial charge on any atom is 0.421 e. The van der Waals surface area contributed by atoms with Crippen LogP contribution in [0.15, 0.2) is 36.5 Å². The van der Waals surface area contributed by atoms with Gasteiger partial charge in [0.2, 0.25) is 5.88 Å². The van der Waals surface area contributed by atoms with Crippen molar-refractivity contribution in [1.82, 2.24) is 19.9 Å². The highest BCUT2D eigenvalue weighted by molar-refractivity contribution is 5.91. The monoisotopic (exact) mass is 666 g/mol. The molecule has 0 atom stereocenters. The molecule has 0 bridgehead atoms. The lowest BCUT2D eigenvalue weighted by Crippen LogP contribution is -2.44. The lowest BCUT2D eigenvalue weighted by molar-refractivity contribution is -0.142. The molecule has 1 aliphatic carbocycles. The third-order valence-corrected chi connectivity index (χ3v) is 9.70. The lowest BCUT2D eigenvalue weighted by atomic mass is 9.69. The SMILES string of the molecule is CCOc1ncc(-c2cc(N(C)CC3(COC)CCC3)c3[nH]c(-c4ccc(N5CCC(C(=O)O)CC5)cc4C)nc3n2)cc1C(F)(F)F. The fourth-order valence-corrected chi connectivity index (χ4v) is 7.01. The van der Waals surface area contributed by atoms with E-state index in [0.29, 0.717) is 61.8 Å². The van der Waals surface area contributed by atoms with Gasteiger partial charge >= 0.3 is 12.1 Å². The first-order chi connectivity index (χ1) is 22.9. The maximum absolute atomic E-state index is 14.1. The van der Waals surface area contributed by atoms with Crippen LogP contribution < -0.4 is 14.5 Å². The molecule has 2 N–H and O–H groups in total. The molecule has 4 heterocycles. The number of nitrogens with zero attached hydrogens (tertiary/aromatic N) is 5. The Morgan fingerprint density at radius 1 is 1.17 bits per heavy atom. The van der Waals surface area contributed by atoms with Crippen LogP contribution in [0.2, 0.25) is 0 Å². The average Bonchev–Trinajstić information content (AvgIpc) is 3.47. The van der Waals surface area contributed by atoms with Crippen molar-refractivity contribution >= 4 is 28.5 Å². The second-order valence-electron chi connectivity index (χ2n) is 13.1. The van der Waals surface area contributed by atoms with Crippen LogP contribution in [0.3, 0.4) is 0 Å². The molecule has 1 aliphatic heterocycles. The highest BCUT2D eigenvalue weighted by Crippen LogP contribution is 2.44. The van der Waals surface area contributed by atoms with Crippen LogP contribution in [0.1, 0.15) is 50.2 Å². The summed E-state index contributed by atoms with van der Waals surface area (Å²) in [7, 11) is 3.67. The number of aliphatic carboxylic acids is 1. The van der Waals surface area contributed by atoms with Crippen molar-refractivity contribution in [1.29, 1.82) is 0 Å². The highest BCUT2D eigenvalue weighted by atomic mass is 19.4. The summed E-state index contributed by atoms with van der Waals surface area (Å²) in [6.07, 6.45) is 1.06. The first-order valence-corrected chi connectivity index (χ1v) is 16.3. The van der Waals surface area contributed by atoms with Crippen LogP contribution >= 0.6 is 0 Å². The van der Waals surface area contributed by atoms with Crippen molar-refractivity contribution in [2.24, 2.45) is 11.3 Å². The number of aromatic nitrogens is 4. The van der Waals surface area contributed by atoms with Gasteiger partial charge in [0.05, 0.1) is 30.5 Å². The smallest absolute Gasteiger partial charge is 0.421 e. The van der Waals surface area contributed by atoms with E-state index in [1.807, 2.05) is 26.1 Å². The van der Waals surface area contributed by atoms with Gasteiger partial charge < -0.3 is 29.4 Å². The number of carboxylic acids is 1. The molecule has 13 heteroatoms. The molecule has 1 aromatic carbocycles. The molecule has 48 heavy (non-hydrogen) atoms. The zero-order chi connectivity index (χ0) is 34.2. The number of imidazole rings is 1. The van der Waals surface area contributed by atoms with Gasteiger partial charge in [0, 0.05) is 62.2 Å². The van der Waals surface area contributed by atoms with Gasteiger partial charge in [-0.2, -0.15) is 13.2 Å². The Morgan fingerprint density at radius 2 is 1.92 bits per heavy atom. The number of piperidine rings is 1. The second-order valence-corrected chi connectivity index (χ2v) is 13.1. The van der Waals surface area contributed by atoms with E-state index in [4.69, 9.17) is 19.4 Å². The predicted octanol–water partition coefficient (Wildman–Crippen LogP) is 6.97. The molecule has 0 amide bonds. The van der Waals surface area contributed by atoms with Gasteiger partial charge in [-0.05, 0) is 75.4 Å². The number of carbonyl (C=O) groups is 1. The predicted molar refractivity (Wildman–Crippen MR) is 177 cm³/mol. The number of ether oxygens (including phenoxy) is 2. The second kappa shape index (κ2) is 13.3. The number of anilines is 2. The Balaban J connectivity index is 1.40. The largest absolute Gasteiger partial charge is 0.481 e. The van der Waals surface area contributed by atoms with E-state index >= 15 is 0 Å². The normalized spacial score (nSPS) is 16.6. The first kappa shape index (κ1) is 33.5. The van der Waals surface area contributed by atoms with E-state index in [9.17, 15) is 23.1 Å². The van der Waals surface area contributed by atoms with Crippen LogP contribution in [-0.2, 0) is 15.7 Å². The number of alkyl halides is 3. The minimum Gasteiger partial charge on any atom is -0.481 e. The number of carboxylic acid groups (broad SMARTS) is 1. The Hall–Kier alpha value is -4.39. The van der Waals surface area contributed by atoms with E-state index in [0.717, 1.165) is 47.8 Å². The lowest BCUT2D eigenvalue weighted by Gasteiger charge is -2.44. The van der Waals surface area contributed by atoms with Gasteiger partial charge in [-0.25, -0.2) is 15.0 Å². The number of hydrogen-bond donors (Lipinski definition) is 2. The topological polar surface area (TPSA) is 117 Å². The van der Waals surface area contributed by atoms with Crippen molar-refractivity contribution in [2.45, 2.75) is 52.1 Å². The molecule has 6 rings (SSSR count). The standard InChI is InChI=1S/C35H41F3N6O4/c1-5-48-32-26(35(36,37)38)16-23(18-39-32)27-17-28(43(3)19-34(20-47-4)11-6-12-34)29-31(40-27)42-30(41-29)25-8-7-24(15-21(25)2)44-13-9-22(10-14-44)33(45)46/h7-8,15-18,22H,5-6,9-14,19-20H2,1-4H3,(H,45,46)(H,40,41,42). The van der Waals surface area contributed by atoms with Crippen LogP contribution in [0.4, 0.5) is 24.5 Å². The van der Waals surface area contributed by atoms with Gasteiger partial charge in [-0.15, -0.1) is 0 Å². The zero-order valence-electron chi connectivity index (χ0n) is 27.7. The van der Waals surface area contributed by atoms with Crippen molar-refractivity contribution in [3.8, 4) is 28.5 Å². The summed E-state index contributed by atoms with van der Waals surface area (Å²) < 4.78 is 52.9. The number of nitrogens with one attached hydrogen (secondary N) is 1. The molecular formula is C35H41F3N6O4. The minimum atomic E-state index is -4.66. The fourth-order valence-electron chi connectivity index (χ4n) is 7.01. The molecular weight excluding hydrogens is 625 g/mol. The summed E-state index contributed by atoms with van der Waals surface area (Å²) in [4.78, 5) is 32.8. The van der Waals surface area contributed by atoms with Gasteiger partial charge in [-0.1, -0.05) is 6.42 Å². The molecule has 0 radical (unpaired) electrons. The number of aryl methyl sites for hydroxylation is 1. The Morgan fingerprint density at radius 3 is 2.52 bits per heavy atom. The van der Waals surface area contributed by atoms with E-state index in [1.54, 1.807) is 20.1 Å². The van der Waals surface area contributed by atoms with Gasteiger partial charge in [0.1, 0.15) is 16.9 Å². The number of aromatic amines is 1. The number of benzene rings is 1. The van der Waals surface area contributed by atoms with E-state index in [2.05, 4.69) is 25.8 Å². The average molecular weight is 667 g/mol. The molecule has 0 unspecified atom stereocenters. The third kappa shape index (κ3) is 6.65. The van der Waals surface area contributed by atoms with Gasteiger partial charge in [-0.3, -0.25) is 4.79 Å². The Bertz CT molecular complexity index is 1800. The van der Waals surface area contributed by atoms with Crippen LogP contribution in [0, 0.1) is 18.3 Å². The molecule has 2 fully saturated rings. The molecule has 256 valence electrons. The van der Waals surface area contributed by atoms with Crippen molar-refractivity contribution in [2.75, 3.05) is 56.8 Å². The fraction of sp³-hybridized carbons (Fsp3) is 0.486. The molecule has 4 aromatic rings. The molecule has 10 nitrogen and oxygen atoms in total. The maximum atomic E-state index is 14.1. The number of H-pyrrole nitrogens is 1. The van der Waals surface area contributed by atoms with E-state index in [1.165, 1.54) is 6.20 Å². The highest BCUT2D eigenvalue weighted by Gasteiger charge is 2.39. The molecule has 3 aromatic heterocycles. The quantitative estimate of drug-likeness (QED) is 0.175. The van der Waals surface area contributed by atoms with Gasteiger partial charge in [0.15, 0.2) is 5.65 Å². The number of hydrogen-bond acceptors (Lipinski definition) is 8. The summed E-state index contributed by atoms with van der Waals surface area (Å²) in [6.45, 7) is 6.31. The number of pyridine rings is 2. The summed E-state index contributed by atoms with van der Waals surface area (Å²) in [5, 5.41) is 9.37. The van der Waals surface area contributed by atoms with Crippen LogP contribution in [0.25, 0.3) is 33.8 Å². The Kier molecular flexibility index (Phi) is 9.25. The number of fused-ring (bicyclic) bond motifs is 1. The molecule has 1 saturated heterocycles. The van der Waals surface area contributed by atoms with Crippen molar-refractivity contribution < 1.29 is 32.5 Å². The van der Waals surface area contributed by atoms with E-state index in [-0.39, 0.29) is 23.5 Å². The van der Waals surface area contributed by atoms with Gasteiger partial charge in [0.25, 0.3) is 0 Å². The molecule has 2 aliphatic rings.